The molecule has 1 aliphatic carbocycles. The smallest absolute Gasteiger partial charge is 0.113 e. The first-order chi connectivity index (χ1) is 10.2. The Balaban J connectivity index is 1.66. The van der Waals surface area contributed by atoms with Crippen molar-refractivity contribution in [2.24, 2.45) is 0 Å². The van der Waals surface area contributed by atoms with Crippen LogP contribution in [-0.2, 0) is 18.4 Å². The van der Waals surface area contributed by atoms with E-state index in [0.717, 1.165) is 6.04 Å². The molecule has 1 aromatic heterocycles. The molecule has 3 nitrogen and oxygen atoms in total. The van der Waals surface area contributed by atoms with Gasteiger partial charge in [-0.3, -0.25) is 0 Å². The summed E-state index contributed by atoms with van der Waals surface area (Å²) in [5.41, 5.74) is 1.56. The van der Waals surface area contributed by atoms with Crippen molar-refractivity contribution in [1.29, 1.82) is 0 Å². The summed E-state index contributed by atoms with van der Waals surface area (Å²) in [5.74, 6) is 0. The Morgan fingerprint density at radius 3 is 3.00 bits per heavy atom. The summed E-state index contributed by atoms with van der Waals surface area (Å²) in [6, 6.07) is 1.31. The molecule has 0 amide bonds. The van der Waals surface area contributed by atoms with Crippen molar-refractivity contribution in [2.75, 3.05) is 13.1 Å². The van der Waals surface area contributed by atoms with Crippen molar-refractivity contribution in [1.82, 2.24) is 15.2 Å². The highest BCUT2D eigenvalue weighted by Gasteiger charge is 2.45. The Morgan fingerprint density at radius 1 is 1.29 bits per heavy atom. The average molecular weight is 305 g/mol. The molecule has 2 unspecified atom stereocenters. The van der Waals surface area contributed by atoms with Crippen molar-refractivity contribution < 1.29 is 0 Å². The molecule has 2 atom stereocenters. The molecule has 4 heteroatoms. The van der Waals surface area contributed by atoms with E-state index in [1.165, 1.54) is 68.7 Å². The number of aryl methyl sites for hydroxylation is 2. The average Bonchev–Trinajstić information content (AvgIpc) is 3.12. The fraction of sp³-hybridized carbons (Fsp3) is 0.824. The molecule has 0 aromatic carbocycles. The molecule has 3 heterocycles. The van der Waals surface area contributed by atoms with Crippen LogP contribution in [0.3, 0.4) is 0 Å². The fourth-order valence-corrected chi connectivity index (χ4v) is 5.94. The van der Waals surface area contributed by atoms with Gasteiger partial charge in [0.1, 0.15) is 5.01 Å². The van der Waals surface area contributed by atoms with Gasteiger partial charge in [-0.05, 0) is 65.3 Å². The lowest BCUT2D eigenvalue weighted by Gasteiger charge is -2.44. The molecule has 21 heavy (non-hydrogen) atoms. The van der Waals surface area contributed by atoms with E-state index in [-0.39, 0.29) is 5.54 Å². The van der Waals surface area contributed by atoms with Crippen LogP contribution in [-0.4, -0.2) is 35.1 Å². The molecular formula is C17H27N3S. The van der Waals surface area contributed by atoms with Crippen LogP contribution in [0.15, 0.2) is 0 Å². The molecule has 3 aliphatic rings. The quantitative estimate of drug-likeness (QED) is 0.930. The number of hydrogen-bond acceptors (Lipinski definition) is 4. The zero-order chi connectivity index (χ0) is 14.4. The van der Waals surface area contributed by atoms with Crippen LogP contribution in [0.4, 0.5) is 0 Å². The molecule has 0 bridgehead atoms. The normalized spacial score (nSPS) is 32.6. The monoisotopic (exact) mass is 305 g/mol. The third-order valence-electron chi connectivity index (χ3n) is 5.48. The molecule has 2 saturated heterocycles. The Kier molecular flexibility index (Phi) is 3.59. The number of nitrogens with one attached hydrogen (secondary N) is 1. The van der Waals surface area contributed by atoms with Crippen LogP contribution in [0.1, 0.15) is 61.5 Å². The second-order valence-electron chi connectivity index (χ2n) is 7.41. The number of thiazole rings is 1. The number of piperidine rings is 1. The minimum atomic E-state index is 0.148. The topological polar surface area (TPSA) is 28.2 Å². The lowest BCUT2D eigenvalue weighted by molar-refractivity contribution is 0.0985. The molecule has 1 N–H and O–H groups in total. The van der Waals surface area contributed by atoms with E-state index in [2.05, 4.69) is 24.1 Å². The molecule has 116 valence electrons. The number of nitrogens with zero attached hydrogens (tertiary/aromatic N) is 2. The van der Waals surface area contributed by atoms with Crippen molar-refractivity contribution in [3.8, 4) is 0 Å². The van der Waals surface area contributed by atoms with Gasteiger partial charge in [0, 0.05) is 23.5 Å². The van der Waals surface area contributed by atoms with Gasteiger partial charge in [-0.15, -0.1) is 11.3 Å². The first kappa shape index (κ1) is 14.2. The van der Waals surface area contributed by atoms with Gasteiger partial charge in [0.15, 0.2) is 0 Å². The van der Waals surface area contributed by atoms with Crippen LogP contribution < -0.4 is 5.32 Å². The van der Waals surface area contributed by atoms with Crippen LogP contribution in [0, 0.1) is 0 Å². The minimum absolute atomic E-state index is 0.148. The van der Waals surface area contributed by atoms with Gasteiger partial charge in [0.2, 0.25) is 0 Å². The zero-order valence-corrected chi connectivity index (χ0v) is 14.1. The van der Waals surface area contributed by atoms with E-state index in [0.29, 0.717) is 6.04 Å². The lowest BCUT2D eigenvalue weighted by Crippen LogP contribution is -2.55. The van der Waals surface area contributed by atoms with Crippen LogP contribution >= 0.6 is 11.3 Å². The van der Waals surface area contributed by atoms with Crippen LogP contribution in [0.2, 0.25) is 0 Å². The Bertz CT molecular complexity index is 503. The summed E-state index contributed by atoms with van der Waals surface area (Å²) >= 11 is 2.01. The first-order valence-corrected chi connectivity index (χ1v) is 9.49. The van der Waals surface area contributed by atoms with Crippen molar-refractivity contribution >= 4 is 11.3 Å². The summed E-state index contributed by atoms with van der Waals surface area (Å²) in [6.07, 6.45) is 9.05. The molecule has 2 aliphatic heterocycles. The predicted octanol–water partition coefficient (Wildman–Crippen LogP) is 3.08. The Labute approximate surface area is 132 Å². The molecule has 1 aromatic rings. The van der Waals surface area contributed by atoms with E-state index in [9.17, 15) is 0 Å². The summed E-state index contributed by atoms with van der Waals surface area (Å²) < 4.78 is 0. The maximum absolute atomic E-state index is 5.09. The SMILES string of the molecule is CC(C)NC1(c2nc3c(s2)CCC3)CCN2CCCC2C1. The predicted molar refractivity (Wildman–Crippen MR) is 87.9 cm³/mol. The number of fused-ring (bicyclic) bond motifs is 2. The summed E-state index contributed by atoms with van der Waals surface area (Å²) in [4.78, 5) is 9.37. The third-order valence-corrected chi connectivity index (χ3v) is 6.84. The van der Waals surface area contributed by atoms with Crippen LogP contribution in [0.5, 0.6) is 0 Å². The van der Waals surface area contributed by atoms with Gasteiger partial charge >= 0.3 is 0 Å². The van der Waals surface area contributed by atoms with E-state index < -0.39 is 0 Å². The van der Waals surface area contributed by atoms with Gasteiger partial charge in [0.05, 0.1) is 11.2 Å². The highest BCUT2D eigenvalue weighted by Crippen LogP contribution is 2.43. The van der Waals surface area contributed by atoms with Crippen LogP contribution in [0.25, 0.3) is 0 Å². The Morgan fingerprint density at radius 2 is 2.19 bits per heavy atom. The first-order valence-electron chi connectivity index (χ1n) is 8.67. The number of hydrogen-bond donors (Lipinski definition) is 1. The van der Waals surface area contributed by atoms with E-state index >= 15 is 0 Å². The van der Waals surface area contributed by atoms with Gasteiger partial charge in [-0.2, -0.15) is 0 Å². The standard InChI is InChI=1S/C17H27N3S/c1-12(2)19-17(8-10-20-9-4-5-13(20)11-17)16-18-14-6-3-7-15(14)21-16/h12-13,19H,3-11H2,1-2H3. The fourth-order valence-electron chi connectivity index (χ4n) is 4.59. The highest BCUT2D eigenvalue weighted by atomic mass is 32.1. The maximum Gasteiger partial charge on any atom is 0.113 e. The Hall–Kier alpha value is -0.450. The van der Waals surface area contributed by atoms with Crippen molar-refractivity contribution in [3.63, 3.8) is 0 Å². The van der Waals surface area contributed by atoms with E-state index in [4.69, 9.17) is 4.98 Å². The molecular weight excluding hydrogens is 278 g/mol. The van der Waals surface area contributed by atoms with Crippen molar-refractivity contribution in [2.45, 2.75) is 76.4 Å². The number of rotatable bonds is 3. The molecule has 2 fully saturated rings. The summed E-state index contributed by atoms with van der Waals surface area (Å²) in [5, 5.41) is 5.33. The summed E-state index contributed by atoms with van der Waals surface area (Å²) in [7, 11) is 0. The second-order valence-corrected chi connectivity index (χ2v) is 8.49. The summed E-state index contributed by atoms with van der Waals surface area (Å²) in [6.45, 7) is 7.12. The minimum Gasteiger partial charge on any atom is -0.303 e. The molecule has 0 saturated carbocycles. The van der Waals surface area contributed by atoms with Gasteiger partial charge in [0.25, 0.3) is 0 Å². The lowest BCUT2D eigenvalue weighted by atomic mass is 9.83. The molecule has 0 spiro atoms. The number of aromatic nitrogens is 1. The third kappa shape index (κ3) is 2.45. The molecule has 0 radical (unpaired) electrons. The highest BCUT2D eigenvalue weighted by molar-refractivity contribution is 7.12. The van der Waals surface area contributed by atoms with Gasteiger partial charge in [-0.25, -0.2) is 4.98 Å². The zero-order valence-electron chi connectivity index (χ0n) is 13.3. The second kappa shape index (κ2) is 5.32. The largest absolute Gasteiger partial charge is 0.303 e. The van der Waals surface area contributed by atoms with Gasteiger partial charge < -0.3 is 10.2 Å². The van der Waals surface area contributed by atoms with E-state index in [1.807, 2.05) is 11.3 Å². The maximum atomic E-state index is 5.09. The molecule has 4 rings (SSSR count). The van der Waals surface area contributed by atoms with Crippen molar-refractivity contribution in [3.05, 3.63) is 15.6 Å². The van der Waals surface area contributed by atoms with E-state index in [1.54, 1.807) is 4.88 Å². The van der Waals surface area contributed by atoms with Gasteiger partial charge in [-0.1, -0.05) is 0 Å².